The number of hydrogen-bond donors (Lipinski definition) is 1. The average Bonchev–Trinajstić information content (AvgIpc) is 2.40. The summed E-state index contributed by atoms with van der Waals surface area (Å²) in [5, 5.41) is 0.0268. The van der Waals surface area contributed by atoms with Gasteiger partial charge in [-0.15, -0.1) is 12.4 Å². The number of amides is 1. The number of piperidine rings is 1. The lowest BCUT2D eigenvalue weighted by atomic mass is 9.90. The maximum absolute atomic E-state index is 13.4. The van der Waals surface area contributed by atoms with E-state index in [0.717, 1.165) is 12.8 Å². The number of likely N-dealkylation sites (tertiary alicyclic amines) is 1. The molecule has 1 aromatic rings. The Balaban J connectivity index is 0.00000200. The molecule has 1 aliphatic heterocycles. The van der Waals surface area contributed by atoms with Gasteiger partial charge in [0.15, 0.2) is 0 Å². The van der Waals surface area contributed by atoms with Crippen LogP contribution in [0.5, 0.6) is 0 Å². The molecular formula is C14H19Cl2FN2O. The van der Waals surface area contributed by atoms with Crippen molar-refractivity contribution >= 4 is 29.9 Å². The van der Waals surface area contributed by atoms with E-state index in [2.05, 4.69) is 6.92 Å². The highest BCUT2D eigenvalue weighted by Crippen LogP contribution is 2.25. The third kappa shape index (κ3) is 3.43. The maximum atomic E-state index is 13.4. The molecule has 2 rings (SSSR count). The smallest absolute Gasteiger partial charge is 0.254 e. The minimum atomic E-state index is -0.568. The summed E-state index contributed by atoms with van der Waals surface area (Å²) < 4.78 is 13.4. The Morgan fingerprint density at radius 1 is 1.55 bits per heavy atom. The van der Waals surface area contributed by atoms with Crippen LogP contribution in [-0.4, -0.2) is 29.9 Å². The maximum Gasteiger partial charge on any atom is 0.254 e. The SMILES string of the molecule is CC1CCCN(C(=O)c2ccc(Cl)c(F)c2)C1CN.Cl. The largest absolute Gasteiger partial charge is 0.334 e. The molecule has 0 radical (unpaired) electrons. The molecule has 0 spiro atoms. The molecule has 6 heteroatoms. The summed E-state index contributed by atoms with van der Waals surface area (Å²) in [7, 11) is 0. The molecule has 1 fully saturated rings. The van der Waals surface area contributed by atoms with E-state index in [4.69, 9.17) is 17.3 Å². The highest BCUT2D eigenvalue weighted by molar-refractivity contribution is 6.30. The van der Waals surface area contributed by atoms with E-state index < -0.39 is 5.82 Å². The van der Waals surface area contributed by atoms with Crippen LogP contribution in [0.15, 0.2) is 18.2 Å². The number of carbonyl (C=O) groups is 1. The van der Waals surface area contributed by atoms with Gasteiger partial charge in [-0.05, 0) is 37.0 Å². The van der Waals surface area contributed by atoms with Crippen LogP contribution in [0.2, 0.25) is 5.02 Å². The van der Waals surface area contributed by atoms with E-state index >= 15 is 0 Å². The number of nitrogens with two attached hydrogens (primary N) is 1. The van der Waals surface area contributed by atoms with Crippen LogP contribution in [0.25, 0.3) is 0 Å². The second kappa shape index (κ2) is 7.25. The number of halogens is 3. The third-order valence-corrected chi connectivity index (χ3v) is 4.09. The number of rotatable bonds is 2. The summed E-state index contributed by atoms with van der Waals surface area (Å²) in [5.74, 6) is -0.362. The van der Waals surface area contributed by atoms with E-state index in [1.807, 2.05) is 0 Å². The average molecular weight is 321 g/mol. The summed E-state index contributed by atoms with van der Waals surface area (Å²) in [5.41, 5.74) is 6.09. The van der Waals surface area contributed by atoms with E-state index in [1.54, 1.807) is 11.0 Å². The van der Waals surface area contributed by atoms with Crippen LogP contribution in [-0.2, 0) is 0 Å². The van der Waals surface area contributed by atoms with Crippen molar-refractivity contribution in [1.82, 2.24) is 4.90 Å². The van der Waals surface area contributed by atoms with Crippen molar-refractivity contribution in [1.29, 1.82) is 0 Å². The molecule has 2 N–H and O–H groups in total. The van der Waals surface area contributed by atoms with Crippen molar-refractivity contribution in [3.63, 3.8) is 0 Å². The summed E-state index contributed by atoms with van der Waals surface area (Å²) in [4.78, 5) is 14.2. The molecule has 3 nitrogen and oxygen atoms in total. The normalized spacial score (nSPS) is 22.3. The van der Waals surface area contributed by atoms with Crippen LogP contribution in [0.1, 0.15) is 30.1 Å². The Bertz CT molecular complexity index is 484. The zero-order valence-electron chi connectivity index (χ0n) is 11.3. The fraction of sp³-hybridized carbons (Fsp3) is 0.500. The zero-order valence-corrected chi connectivity index (χ0v) is 12.9. The number of carbonyl (C=O) groups excluding carboxylic acids is 1. The lowest BCUT2D eigenvalue weighted by Crippen LogP contribution is -2.51. The van der Waals surface area contributed by atoms with Gasteiger partial charge >= 0.3 is 0 Å². The quantitative estimate of drug-likeness (QED) is 0.910. The summed E-state index contributed by atoms with van der Waals surface area (Å²) >= 11 is 5.63. The van der Waals surface area contributed by atoms with E-state index in [-0.39, 0.29) is 29.4 Å². The van der Waals surface area contributed by atoms with Gasteiger partial charge in [-0.1, -0.05) is 18.5 Å². The molecule has 0 bridgehead atoms. The van der Waals surface area contributed by atoms with Crippen molar-refractivity contribution < 1.29 is 9.18 Å². The number of hydrogen-bond acceptors (Lipinski definition) is 2. The second-order valence-electron chi connectivity index (χ2n) is 5.05. The van der Waals surface area contributed by atoms with E-state index in [1.165, 1.54) is 12.1 Å². The topological polar surface area (TPSA) is 46.3 Å². The molecule has 1 heterocycles. The molecule has 1 saturated heterocycles. The third-order valence-electron chi connectivity index (χ3n) is 3.78. The highest BCUT2D eigenvalue weighted by atomic mass is 35.5. The van der Waals surface area contributed by atoms with Gasteiger partial charge in [-0.3, -0.25) is 4.79 Å². The fourth-order valence-corrected chi connectivity index (χ4v) is 2.77. The molecule has 2 atom stereocenters. The van der Waals surface area contributed by atoms with Gasteiger partial charge in [0.2, 0.25) is 0 Å². The fourth-order valence-electron chi connectivity index (χ4n) is 2.66. The van der Waals surface area contributed by atoms with Crippen LogP contribution < -0.4 is 5.73 Å². The molecule has 0 aliphatic carbocycles. The first-order valence-corrected chi connectivity index (χ1v) is 6.88. The first kappa shape index (κ1) is 17.2. The van der Waals surface area contributed by atoms with Gasteiger partial charge in [-0.2, -0.15) is 0 Å². The lowest BCUT2D eigenvalue weighted by Gasteiger charge is -2.39. The first-order valence-electron chi connectivity index (χ1n) is 6.50. The molecule has 0 saturated carbocycles. The highest BCUT2D eigenvalue weighted by Gasteiger charge is 2.31. The lowest BCUT2D eigenvalue weighted by molar-refractivity contribution is 0.0532. The van der Waals surface area contributed by atoms with Crippen LogP contribution >= 0.6 is 24.0 Å². The predicted molar refractivity (Wildman–Crippen MR) is 80.9 cm³/mol. The molecule has 1 aliphatic rings. The van der Waals surface area contributed by atoms with Gasteiger partial charge in [0, 0.05) is 24.7 Å². The van der Waals surface area contributed by atoms with Crippen LogP contribution in [0.4, 0.5) is 4.39 Å². The Morgan fingerprint density at radius 3 is 2.85 bits per heavy atom. The first-order chi connectivity index (χ1) is 9.04. The summed E-state index contributed by atoms with van der Waals surface area (Å²) in [6.45, 7) is 3.21. The molecular weight excluding hydrogens is 302 g/mol. The second-order valence-corrected chi connectivity index (χ2v) is 5.46. The summed E-state index contributed by atoms with van der Waals surface area (Å²) in [6, 6.07) is 4.19. The van der Waals surface area contributed by atoms with Gasteiger partial charge in [-0.25, -0.2) is 4.39 Å². The minimum absolute atomic E-state index is 0. The predicted octanol–water partition coefficient (Wildman–Crippen LogP) is 3.10. The van der Waals surface area contributed by atoms with Crippen LogP contribution in [0, 0.1) is 11.7 Å². The molecule has 1 aromatic carbocycles. The molecule has 1 amide bonds. The van der Waals surface area contributed by atoms with E-state index in [0.29, 0.717) is 24.6 Å². The van der Waals surface area contributed by atoms with Crippen LogP contribution in [0.3, 0.4) is 0 Å². The molecule has 2 unspecified atom stereocenters. The molecule has 0 aromatic heterocycles. The standard InChI is InChI=1S/C14H18ClFN2O.ClH/c1-9-3-2-6-18(13(9)8-17)14(19)10-4-5-11(15)12(16)7-10;/h4-5,7,9,13H,2-3,6,8,17H2,1H3;1H. The van der Waals surface area contributed by atoms with Crippen molar-refractivity contribution in [2.45, 2.75) is 25.8 Å². The van der Waals surface area contributed by atoms with Gasteiger partial charge in [0.25, 0.3) is 5.91 Å². The number of benzene rings is 1. The number of nitrogens with zero attached hydrogens (tertiary/aromatic N) is 1. The monoisotopic (exact) mass is 320 g/mol. The molecule has 112 valence electrons. The van der Waals surface area contributed by atoms with Crippen molar-refractivity contribution in [3.05, 3.63) is 34.6 Å². The van der Waals surface area contributed by atoms with Crippen molar-refractivity contribution in [3.8, 4) is 0 Å². The zero-order chi connectivity index (χ0) is 14.0. The van der Waals surface area contributed by atoms with Gasteiger partial charge in [0.05, 0.1) is 5.02 Å². The van der Waals surface area contributed by atoms with E-state index in [9.17, 15) is 9.18 Å². The molecule has 20 heavy (non-hydrogen) atoms. The summed E-state index contributed by atoms with van der Waals surface area (Å²) in [6.07, 6.45) is 2.03. The minimum Gasteiger partial charge on any atom is -0.334 e. The Kier molecular flexibility index (Phi) is 6.24. The van der Waals surface area contributed by atoms with Gasteiger partial charge < -0.3 is 10.6 Å². The van der Waals surface area contributed by atoms with Crippen molar-refractivity contribution in [2.24, 2.45) is 11.7 Å². The Labute approximate surface area is 129 Å². The Hall–Kier alpha value is -0.840. The van der Waals surface area contributed by atoms with Gasteiger partial charge in [0.1, 0.15) is 5.82 Å². The Morgan fingerprint density at radius 2 is 2.25 bits per heavy atom. The van der Waals surface area contributed by atoms with Crippen molar-refractivity contribution in [2.75, 3.05) is 13.1 Å².